The second-order valence-corrected chi connectivity index (χ2v) is 5.56. The molecule has 1 fully saturated rings. The minimum absolute atomic E-state index is 0.495. The van der Waals surface area contributed by atoms with Crippen molar-refractivity contribution in [3.05, 3.63) is 17.0 Å². The molecule has 0 atom stereocenters. The number of rotatable bonds is 3. The van der Waals surface area contributed by atoms with Crippen molar-refractivity contribution in [3.63, 3.8) is 0 Å². The normalized spacial score (nSPS) is 17.3. The van der Waals surface area contributed by atoms with Crippen molar-refractivity contribution in [3.8, 4) is 0 Å². The van der Waals surface area contributed by atoms with Gasteiger partial charge in [0.15, 0.2) is 0 Å². The molecule has 0 radical (unpaired) electrons. The Labute approximate surface area is 120 Å². The van der Waals surface area contributed by atoms with E-state index in [9.17, 15) is 0 Å². The molecule has 1 heterocycles. The summed E-state index contributed by atoms with van der Waals surface area (Å²) in [4.78, 5) is 4.56. The zero-order valence-corrected chi connectivity index (χ0v) is 12.7. The summed E-state index contributed by atoms with van der Waals surface area (Å²) in [7, 11) is 1.96. The highest BCUT2D eigenvalue weighted by Gasteiger charge is 2.14. The van der Waals surface area contributed by atoms with Crippen molar-refractivity contribution >= 4 is 5.96 Å². The highest BCUT2D eigenvalue weighted by atomic mass is 15.3. The Bertz CT molecular complexity index is 470. The number of guanidine groups is 1. The Hall–Kier alpha value is -1.56. The van der Waals surface area contributed by atoms with E-state index in [-0.39, 0.29) is 0 Å². The fourth-order valence-corrected chi connectivity index (χ4v) is 2.78. The number of aryl methyl sites for hydroxylation is 2. The summed E-state index contributed by atoms with van der Waals surface area (Å²) in [5.41, 5.74) is 6.03. The lowest BCUT2D eigenvalue weighted by Crippen LogP contribution is -2.47. The molecule has 20 heavy (non-hydrogen) atoms. The average Bonchev–Trinajstić information content (AvgIpc) is 2.70. The third kappa shape index (κ3) is 3.50. The monoisotopic (exact) mass is 278 g/mol. The molecule has 0 amide bonds. The van der Waals surface area contributed by atoms with Crippen LogP contribution in [0, 0.1) is 13.8 Å². The first kappa shape index (κ1) is 14.8. The van der Waals surface area contributed by atoms with Crippen LogP contribution in [0.1, 0.15) is 49.1 Å². The van der Waals surface area contributed by atoms with E-state index < -0.39 is 0 Å². The molecule has 6 nitrogen and oxygen atoms in total. The highest BCUT2D eigenvalue weighted by Crippen LogP contribution is 2.17. The van der Waals surface area contributed by atoms with Gasteiger partial charge in [0.1, 0.15) is 0 Å². The van der Waals surface area contributed by atoms with Crippen molar-refractivity contribution in [2.75, 3.05) is 0 Å². The van der Waals surface area contributed by atoms with Crippen LogP contribution in [0.5, 0.6) is 0 Å². The van der Waals surface area contributed by atoms with Crippen LogP contribution >= 0.6 is 0 Å². The van der Waals surface area contributed by atoms with Crippen molar-refractivity contribution in [2.24, 2.45) is 17.9 Å². The van der Waals surface area contributed by atoms with Gasteiger partial charge in [-0.05, 0) is 26.7 Å². The first-order chi connectivity index (χ1) is 9.61. The molecule has 6 heteroatoms. The molecule has 1 saturated carbocycles. The molecular weight excluding hydrogens is 252 g/mol. The van der Waals surface area contributed by atoms with E-state index in [0.29, 0.717) is 18.5 Å². The maximum Gasteiger partial charge on any atom is 0.206 e. The molecular formula is C14H26N6. The second-order valence-electron chi connectivity index (χ2n) is 5.56. The topological polar surface area (TPSA) is 80.3 Å². The van der Waals surface area contributed by atoms with Gasteiger partial charge in [-0.1, -0.05) is 19.3 Å². The van der Waals surface area contributed by atoms with Gasteiger partial charge < -0.3 is 5.32 Å². The van der Waals surface area contributed by atoms with Crippen LogP contribution in [0.3, 0.4) is 0 Å². The van der Waals surface area contributed by atoms with Gasteiger partial charge in [0.05, 0.1) is 12.2 Å². The number of hydrogen-bond donors (Lipinski definition) is 3. The smallest absolute Gasteiger partial charge is 0.206 e. The van der Waals surface area contributed by atoms with Gasteiger partial charge in [-0.2, -0.15) is 5.10 Å². The molecule has 0 aliphatic heterocycles. The van der Waals surface area contributed by atoms with Gasteiger partial charge in [0.25, 0.3) is 0 Å². The summed E-state index contributed by atoms with van der Waals surface area (Å²) in [6.07, 6.45) is 6.32. The molecule has 4 N–H and O–H groups in total. The summed E-state index contributed by atoms with van der Waals surface area (Å²) < 4.78 is 1.89. The molecule has 1 aromatic heterocycles. The van der Waals surface area contributed by atoms with Crippen LogP contribution in [-0.4, -0.2) is 21.8 Å². The van der Waals surface area contributed by atoms with Crippen LogP contribution in [0.15, 0.2) is 4.99 Å². The molecule has 112 valence electrons. The minimum atomic E-state index is 0.495. The molecule has 1 aliphatic rings. The zero-order valence-electron chi connectivity index (χ0n) is 12.7. The number of hydrazine groups is 1. The van der Waals surface area contributed by atoms with Gasteiger partial charge in [0.2, 0.25) is 5.96 Å². The first-order valence-electron chi connectivity index (χ1n) is 7.38. The molecule has 0 aromatic carbocycles. The predicted octanol–water partition coefficient (Wildman–Crippen LogP) is 1.28. The van der Waals surface area contributed by atoms with Crippen molar-refractivity contribution < 1.29 is 0 Å². The molecule has 1 aromatic rings. The van der Waals surface area contributed by atoms with Gasteiger partial charge in [-0.25, -0.2) is 10.8 Å². The lowest BCUT2D eigenvalue weighted by atomic mass is 9.96. The van der Waals surface area contributed by atoms with E-state index in [4.69, 9.17) is 5.84 Å². The zero-order chi connectivity index (χ0) is 14.5. The Morgan fingerprint density at radius 3 is 2.60 bits per heavy atom. The van der Waals surface area contributed by atoms with Gasteiger partial charge in [-0.3, -0.25) is 10.1 Å². The summed E-state index contributed by atoms with van der Waals surface area (Å²) in [6.45, 7) is 4.68. The SMILES string of the molecule is Cc1nn(C)c(C)c1CN=C(NN)NC1CCCCC1. The Balaban J connectivity index is 1.99. The number of nitrogens with two attached hydrogens (primary N) is 1. The average molecular weight is 278 g/mol. The summed E-state index contributed by atoms with van der Waals surface area (Å²) in [5, 5.41) is 7.81. The van der Waals surface area contributed by atoms with Crippen LogP contribution in [0.4, 0.5) is 0 Å². The molecule has 2 rings (SSSR count). The number of hydrogen-bond acceptors (Lipinski definition) is 3. The highest BCUT2D eigenvalue weighted by molar-refractivity contribution is 5.79. The van der Waals surface area contributed by atoms with E-state index in [0.717, 1.165) is 11.4 Å². The largest absolute Gasteiger partial charge is 0.353 e. The second kappa shape index (κ2) is 6.74. The molecule has 0 bridgehead atoms. The summed E-state index contributed by atoms with van der Waals surface area (Å²) in [5.74, 6) is 6.25. The molecule has 0 unspecified atom stereocenters. The number of nitrogens with one attached hydrogen (secondary N) is 2. The Kier molecular flexibility index (Phi) is 5.00. The minimum Gasteiger partial charge on any atom is -0.353 e. The van der Waals surface area contributed by atoms with Crippen LogP contribution in [-0.2, 0) is 13.6 Å². The summed E-state index contributed by atoms with van der Waals surface area (Å²) >= 11 is 0. The van der Waals surface area contributed by atoms with Crippen molar-refractivity contribution in [1.82, 2.24) is 20.5 Å². The van der Waals surface area contributed by atoms with E-state index in [2.05, 4.69) is 27.8 Å². The van der Waals surface area contributed by atoms with Crippen molar-refractivity contribution in [2.45, 2.75) is 58.5 Å². The van der Waals surface area contributed by atoms with Crippen LogP contribution in [0.2, 0.25) is 0 Å². The Morgan fingerprint density at radius 1 is 1.35 bits per heavy atom. The van der Waals surface area contributed by atoms with Gasteiger partial charge >= 0.3 is 0 Å². The lowest BCUT2D eigenvalue weighted by molar-refractivity contribution is 0.410. The standard InChI is InChI=1S/C14H26N6/c1-10-13(11(2)20(3)19-10)9-16-14(18-15)17-12-7-5-4-6-8-12/h12H,4-9,15H2,1-3H3,(H2,16,17,18). The van der Waals surface area contributed by atoms with Crippen molar-refractivity contribution in [1.29, 1.82) is 0 Å². The summed E-state index contributed by atoms with van der Waals surface area (Å²) in [6, 6.07) is 0.495. The maximum atomic E-state index is 5.57. The fourth-order valence-electron chi connectivity index (χ4n) is 2.78. The maximum absolute atomic E-state index is 5.57. The Morgan fingerprint density at radius 2 is 2.05 bits per heavy atom. The lowest BCUT2D eigenvalue weighted by Gasteiger charge is -2.24. The number of aromatic nitrogens is 2. The van der Waals surface area contributed by atoms with E-state index in [1.54, 1.807) is 0 Å². The van der Waals surface area contributed by atoms with Gasteiger partial charge in [-0.15, -0.1) is 0 Å². The third-order valence-corrected chi connectivity index (χ3v) is 4.14. The van der Waals surface area contributed by atoms with Crippen LogP contribution < -0.4 is 16.6 Å². The quantitative estimate of drug-likeness (QED) is 0.337. The predicted molar refractivity (Wildman–Crippen MR) is 81.2 cm³/mol. The molecule has 0 spiro atoms. The van der Waals surface area contributed by atoms with Crippen LogP contribution in [0.25, 0.3) is 0 Å². The first-order valence-corrected chi connectivity index (χ1v) is 7.38. The molecule has 0 saturated heterocycles. The number of nitrogens with zero attached hydrogens (tertiary/aromatic N) is 3. The molecule has 1 aliphatic carbocycles. The van der Waals surface area contributed by atoms with E-state index in [1.807, 2.05) is 18.7 Å². The van der Waals surface area contributed by atoms with E-state index in [1.165, 1.54) is 37.7 Å². The number of aliphatic imine (C=N–C) groups is 1. The third-order valence-electron chi connectivity index (χ3n) is 4.14. The van der Waals surface area contributed by atoms with E-state index >= 15 is 0 Å². The van der Waals surface area contributed by atoms with Gasteiger partial charge in [0, 0.05) is 24.3 Å². The fraction of sp³-hybridized carbons (Fsp3) is 0.714.